The largest absolute Gasteiger partial charge is 0.497 e. The summed E-state index contributed by atoms with van der Waals surface area (Å²) < 4.78 is 11.7. The van der Waals surface area contributed by atoms with Gasteiger partial charge in [-0.15, -0.1) is 0 Å². The Balaban J connectivity index is 1.44. The predicted octanol–water partition coefficient (Wildman–Crippen LogP) is 4.10. The summed E-state index contributed by atoms with van der Waals surface area (Å²) in [6, 6.07) is 23.8. The number of carbonyl (C=O) groups excluding carboxylic acids is 2. The van der Waals surface area contributed by atoms with Gasteiger partial charge in [-0.2, -0.15) is 0 Å². The summed E-state index contributed by atoms with van der Waals surface area (Å²) in [7, 11) is 1.60. The van der Waals surface area contributed by atoms with E-state index in [2.05, 4.69) is 22.8 Å². The Hall–Kier alpha value is -3.84. The lowest BCUT2D eigenvalue weighted by Crippen LogP contribution is -2.54. The molecule has 194 valence electrons. The number of piperazine rings is 1. The Bertz CT molecular complexity index is 1200. The minimum Gasteiger partial charge on any atom is -0.497 e. The summed E-state index contributed by atoms with van der Waals surface area (Å²) in [4.78, 5) is 26.8. The molecule has 1 heterocycles. The van der Waals surface area contributed by atoms with E-state index >= 15 is 0 Å². The zero-order chi connectivity index (χ0) is 26.0. The van der Waals surface area contributed by atoms with Crippen LogP contribution >= 0.6 is 0 Å². The third kappa shape index (κ3) is 7.33. The Morgan fingerprint density at radius 1 is 1.00 bits per heavy atom. The molecule has 0 radical (unpaired) electrons. The molecule has 0 aromatic heterocycles. The molecule has 2 N–H and O–H groups in total. The lowest BCUT2D eigenvalue weighted by molar-refractivity contribution is -0.134. The Morgan fingerprint density at radius 3 is 2.54 bits per heavy atom. The van der Waals surface area contributed by atoms with Gasteiger partial charge in [0.25, 0.3) is 0 Å². The van der Waals surface area contributed by atoms with Crippen molar-refractivity contribution in [3.8, 4) is 17.2 Å². The van der Waals surface area contributed by atoms with Crippen LogP contribution in [0.4, 0.5) is 0 Å². The van der Waals surface area contributed by atoms with E-state index in [0.29, 0.717) is 43.2 Å². The Labute approximate surface area is 218 Å². The number of methoxy groups -OCH3 is 1. The summed E-state index contributed by atoms with van der Waals surface area (Å²) in [5.41, 5.74) is 3.01. The number of nitrogens with one attached hydrogen (secondary N) is 2. The van der Waals surface area contributed by atoms with Gasteiger partial charge < -0.3 is 25.0 Å². The molecule has 0 bridgehead atoms. The summed E-state index contributed by atoms with van der Waals surface area (Å²) >= 11 is 0. The molecular weight excluding hydrogens is 466 g/mol. The van der Waals surface area contributed by atoms with Gasteiger partial charge in [-0.05, 0) is 48.2 Å². The SMILES string of the molecule is COc1ccc(Oc2ccccc2CCC(=O)N2CCNC[C@H]2Cc2ccccc2)c(CNC(C)=O)c1. The number of para-hydroxylation sites is 1. The normalized spacial score (nSPS) is 15.2. The van der Waals surface area contributed by atoms with E-state index in [1.807, 2.05) is 65.6 Å². The summed E-state index contributed by atoms with van der Waals surface area (Å²) in [5, 5.41) is 6.25. The zero-order valence-electron chi connectivity index (χ0n) is 21.5. The van der Waals surface area contributed by atoms with Crippen molar-refractivity contribution in [3.05, 3.63) is 89.5 Å². The molecule has 7 heteroatoms. The highest BCUT2D eigenvalue weighted by atomic mass is 16.5. The van der Waals surface area contributed by atoms with Gasteiger partial charge in [0.15, 0.2) is 0 Å². The van der Waals surface area contributed by atoms with E-state index in [-0.39, 0.29) is 17.9 Å². The fourth-order valence-electron chi connectivity index (χ4n) is 4.61. The predicted molar refractivity (Wildman–Crippen MR) is 144 cm³/mol. The number of nitrogens with zero attached hydrogens (tertiary/aromatic N) is 1. The highest BCUT2D eigenvalue weighted by Gasteiger charge is 2.26. The molecule has 3 aromatic rings. The third-order valence-corrected chi connectivity index (χ3v) is 6.58. The van der Waals surface area contributed by atoms with Gasteiger partial charge in [0.1, 0.15) is 17.2 Å². The summed E-state index contributed by atoms with van der Waals surface area (Å²) in [6.45, 7) is 4.14. The number of rotatable bonds is 10. The van der Waals surface area contributed by atoms with Crippen LogP contribution in [0.2, 0.25) is 0 Å². The summed E-state index contributed by atoms with van der Waals surface area (Å²) in [5.74, 6) is 2.07. The first-order valence-corrected chi connectivity index (χ1v) is 12.7. The molecule has 3 aromatic carbocycles. The molecule has 1 atom stereocenters. The topological polar surface area (TPSA) is 79.9 Å². The van der Waals surface area contributed by atoms with Crippen molar-refractivity contribution in [2.45, 2.75) is 38.8 Å². The van der Waals surface area contributed by atoms with Gasteiger partial charge in [0, 0.05) is 51.1 Å². The average Bonchev–Trinajstić information content (AvgIpc) is 2.92. The zero-order valence-corrected chi connectivity index (χ0v) is 21.5. The second-order valence-corrected chi connectivity index (χ2v) is 9.23. The fraction of sp³-hybridized carbons (Fsp3) is 0.333. The molecule has 37 heavy (non-hydrogen) atoms. The molecule has 2 amide bonds. The van der Waals surface area contributed by atoms with E-state index in [1.165, 1.54) is 12.5 Å². The maximum atomic E-state index is 13.3. The van der Waals surface area contributed by atoms with Crippen LogP contribution < -0.4 is 20.1 Å². The minimum absolute atomic E-state index is 0.119. The van der Waals surface area contributed by atoms with Crippen LogP contribution in [0.25, 0.3) is 0 Å². The first-order chi connectivity index (χ1) is 18.0. The Kier molecular flexibility index (Phi) is 9.16. The van der Waals surface area contributed by atoms with Crippen LogP contribution in [0, 0.1) is 0 Å². The van der Waals surface area contributed by atoms with Crippen molar-refractivity contribution in [2.24, 2.45) is 0 Å². The first-order valence-electron chi connectivity index (χ1n) is 12.7. The summed E-state index contributed by atoms with van der Waals surface area (Å²) in [6.07, 6.45) is 1.83. The number of hydrogen-bond acceptors (Lipinski definition) is 5. The lowest BCUT2D eigenvalue weighted by atomic mass is 10.0. The molecule has 0 spiro atoms. The van der Waals surface area contributed by atoms with Gasteiger partial charge >= 0.3 is 0 Å². The second-order valence-electron chi connectivity index (χ2n) is 9.23. The van der Waals surface area contributed by atoms with Gasteiger partial charge in [-0.3, -0.25) is 9.59 Å². The van der Waals surface area contributed by atoms with Crippen molar-refractivity contribution in [1.29, 1.82) is 0 Å². The molecular formula is C30H35N3O4. The number of carbonyl (C=O) groups is 2. The molecule has 0 saturated carbocycles. The van der Waals surface area contributed by atoms with Gasteiger partial charge in [-0.25, -0.2) is 0 Å². The smallest absolute Gasteiger partial charge is 0.223 e. The molecule has 1 saturated heterocycles. The van der Waals surface area contributed by atoms with E-state index in [4.69, 9.17) is 9.47 Å². The van der Waals surface area contributed by atoms with Crippen molar-refractivity contribution < 1.29 is 19.1 Å². The van der Waals surface area contributed by atoms with E-state index < -0.39 is 0 Å². The first kappa shape index (κ1) is 26.2. The number of ether oxygens (including phenoxy) is 2. The molecule has 7 nitrogen and oxygen atoms in total. The van der Waals surface area contributed by atoms with E-state index in [9.17, 15) is 9.59 Å². The monoisotopic (exact) mass is 501 g/mol. The average molecular weight is 502 g/mol. The molecule has 1 fully saturated rings. The molecule has 1 aliphatic heterocycles. The molecule has 0 aliphatic carbocycles. The molecule has 0 unspecified atom stereocenters. The standard InChI is InChI=1S/C30H35N3O4/c1-22(34)32-20-25-19-27(36-2)13-14-29(25)37-28-11-7-6-10-24(28)12-15-30(35)33-17-16-31-21-26(33)18-23-8-4-3-5-9-23/h3-11,13-14,19,26,31H,12,15-18,20-21H2,1-2H3,(H,32,34)/t26-/m1/s1. The number of amides is 2. The van der Waals surface area contributed by atoms with Crippen LogP contribution in [0.5, 0.6) is 17.2 Å². The van der Waals surface area contributed by atoms with E-state index in [1.54, 1.807) is 7.11 Å². The number of aryl methyl sites for hydroxylation is 1. The van der Waals surface area contributed by atoms with Crippen LogP contribution in [-0.2, 0) is 29.0 Å². The lowest BCUT2D eigenvalue weighted by Gasteiger charge is -2.36. The van der Waals surface area contributed by atoms with Gasteiger partial charge in [0.05, 0.1) is 7.11 Å². The maximum Gasteiger partial charge on any atom is 0.223 e. The quantitative estimate of drug-likeness (QED) is 0.437. The van der Waals surface area contributed by atoms with Crippen molar-refractivity contribution in [1.82, 2.24) is 15.5 Å². The number of hydrogen-bond donors (Lipinski definition) is 2. The number of benzene rings is 3. The van der Waals surface area contributed by atoms with Gasteiger partial charge in [0.2, 0.25) is 11.8 Å². The van der Waals surface area contributed by atoms with Crippen molar-refractivity contribution in [2.75, 3.05) is 26.7 Å². The van der Waals surface area contributed by atoms with Gasteiger partial charge in [-0.1, -0.05) is 48.5 Å². The van der Waals surface area contributed by atoms with Crippen LogP contribution in [0.15, 0.2) is 72.8 Å². The van der Waals surface area contributed by atoms with Crippen molar-refractivity contribution in [3.63, 3.8) is 0 Å². The van der Waals surface area contributed by atoms with Crippen LogP contribution in [0.3, 0.4) is 0 Å². The molecule has 4 rings (SSSR count). The van der Waals surface area contributed by atoms with Crippen LogP contribution in [-0.4, -0.2) is 49.5 Å². The van der Waals surface area contributed by atoms with Crippen LogP contribution in [0.1, 0.15) is 30.0 Å². The maximum absolute atomic E-state index is 13.3. The third-order valence-electron chi connectivity index (χ3n) is 6.58. The van der Waals surface area contributed by atoms with E-state index in [0.717, 1.165) is 30.6 Å². The Morgan fingerprint density at radius 2 is 1.76 bits per heavy atom. The fourth-order valence-corrected chi connectivity index (χ4v) is 4.61. The highest BCUT2D eigenvalue weighted by Crippen LogP contribution is 2.31. The minimum atomic E-state index is -0.119. The van der Waals surface area contributed by atoms with Crippen molar-refractivity contribution >= 4 is 11.8 Å². The second kappa shape index (κ2) is 12.9. The molecule has 1 aliphatic rings. The highest BCUT2D eigenvalue weighted by molar-refractivity contribution is 5.77.